The molecule has 6 heteroatoms. The van der Waals surface area contributed by atoms with Gasteiger partial charge in [0, 0.05) is 11.8 Å². The molecule has 1 saturated carbocycles. The van der Waals surface area contributed by atoms with Gasteiger partial charge in [0.2, 0.25) is 0 Å². The van der Waals surface area contributed by atoms with E-state index in [0.29, 0.717) is 11.8 Å². The molecule has 118 valence electrons. The predicted molar refractivity (Wildman–Crippen MR) is 93.7 cm³/mol. The van der Waals surface area contributed by atoms with Crippen LogP contribution in [0, 0.1) is 0 Å². The van der Waals surface area contributed by atoms with E-state index in [2.05, 4.69) is 26.2 Å². The van der Waals surface area contributed by atoms with Gasteiger partial charge in [-0.1, -0.05) is 48.2 Å². The molecule has 23 heavy (non-hydrogen) atoms. The molecule has 0 unspecified atom stereocenters. The second kappa shape index (κ2) is 6.47. The molecule has 0 radical (unpaired) electrons. The Labute approximate surface area is 143 Å². The Morgan fingerprint density at radius 1 is 1.17 bits per heavy atom. The van der Waals surface area contributed by atoms with Gasteiger partial charge in [-0.2, -0.15) is 0 Å². The van der Waals surface area contributed by atoms with Gasteiger partial charge in [0.15, 0.2) is 11.0 Å². The van der Waals surface area contributed by atoms with E-state index >= 15 is 0 Å². The molecular weight excluding hydrogens is 326 g/mol. The molecule has 1 aromatic carbocycles. The fourth-order valence-electron chi connectivity index (χ4n) is 2.54. The first-order valence-electron chi connectivity index (χ1n) is 7.67. The van der Waals surface area contributed by atoms with Gasteiger partial charge < -0.3 is 5.11 Å². The van der Waals surface area contributed by atoms with Crippen LogP contribution < -0.4 is 0 Å². The third-order valence-corrected chi connectivity index (χ3v) is 5.76. The van der Waals surface area contributed by atoms with Gasteiger partial charge in [-0.25, -0.2) is 0 Å². The average Bonchev–Trinajstić information content (AvgIpc) is 3.12. The van der Waals surface area contributed by atoms with Gasteiger partial charge >= 0.3 is 0 Å². The first kappa shape index (κ1) is 14.9. The van der Waals surface area contributed by atoms with E-state index < -0.39 is 6.10 Å². The van der Waals surface area contributed by atoms with Crippen LogP contribution in [0.4, 0.5) is 0 Å². The topological polar surface area (TPSA) is 50.9 Å². The van der Waals surface area contributed by atoms with Crippen molar-refractivity contribution in [3.63, 3.8) is 0 Å². The van der Waals surface area contributed by atoms with Gasteiger partial charge in [0.1, 0.15) is 0 Å². The average molecular weight is 343 g/mol. The number of thioether (sulfide) groups is 1. The summed E-state index contributed by atoms with van der Waals surface area (Å²) in [5.74, 6) is 1.54. The van der Waals surface area contributed by atoms with Crippen molar-refractivity contribution in [3.05, 3.63) is 53.4 Å². The number of aliphatic hydroxyl groups excluding tert-OH is 1. The zero-order valence-corrected chi connectivity index (χ0v) is 14.1. The minimum atomic E-state index is -0.490. The van der Waals surface area contributed by atoms with Crippen molar-refractivity contribution in [2.24, 2.45) is 0 Å². The van der Waals surface area contributed by atoms with Crippen molar-refractivity contribution in [2.75, 3.05) is 5.75 Å². The number of aromatic nitrogens is 3. The molecule has 0 aliphatic heterocycles. The van der Waals surface area contributed by atoms with Crippen LogP contribution in [0.5, 0.6) is 0 Å². The lowest BCUT2D eigenvalue weighted by Crippen LogP contribution is -2.03. The van der Waals surface area contributed by atoms with Crippen LogP contribution in [0.25, 0.3) is 10.7 Å². The predicted octanol–water partition coefficient (Wildman–Crippen LogP) is 4.17. The highest BCUT2D eigenvalue weighted by Crippen LogP contribution is 2.42. The number of aliphatic hydroxyl groups is 1. The Morgan fingerprint density at radius 2 is 2.00 bits per heavy atom. The van der Waals surface area contributed by atoms with Crippen LogP contribution in [0.1, 0.15) is 30.6 Å². The number of rotatable bonds is 6. The van der Waals surface area contributed by atoms with Gasteiger partial charge in [-0.15, -0.1) is 21.5 Å². The SMILES string of the molecule is O[C@@H](CSc1nnc(-c2cccs2)n1C1CC1)c1ccccc1. The smallest absolute Gasteiger partial charge is 0.191 e. The highest BCUT2D eigenvalue weighted by Gasteiger charge is 2.30. The molecule has 1 fully saturated rings. The summed E-state index contributed by atoms with van der Waals surface area (Å²) in [4.78, 5) is 1.15. The Kier molecular flexibility index (Phi) is 4.20. The quantitative estimate of drug-likeness (QED) is 0.683. The minimum Gasteiger partial charge on any atom is -0.388 e. The summed E-state index contributed by atoms with van der Waals surface area (Å²) in [7, 11) is 0. The van der Waals surface area contributed by atoms with Gasteiger partial charge in [0.25, 0.3) is 0 Å². The molecule has 2 aromatic heterocycles. The molecule has 0 amide bonds. The van der Waals surface area contributed by atoms with Crippen molar-refractivity contribution in [2.45, 2.75) is 30.1 Å². The number of hydrogen-bond donors (Lipinski definition) is 1. The summed E-state index contributed by atoms with van der Waals surface area (Å²) in [5, 5.41) is 22.1. The Morgan fingerprint density at radius 3 is 2.70 bits per heavy atom. The van der Waals surface area contributed by atoms with Crippen molar-refractivity contribution < 1.29 is 5.11 Å². The fraction of sp³-hybridized carbons (Fsp3) is 0.294. The van der Waals surface area contributed by atoms with Crippen LogP contribution >= 0.6 is 23.1 Å². The highest BCUT2D eigenvalue weighted by atomic mass is 32.2. The number of thiophene rings is 1. The third kappa shape index (κ3) is 3.20. The maximum absolute atomic E-state index is 10.3. The maximum atomic E-state index is 10.3. The van der Waals surface area contributed by atoms with Gasteiger partial charge in [-0.05, 0) is 29.9 Å². The van der Waals surface area contributed by atoms with Crippen molar-refractivity contribution in [1.82, 2.24) is 14.8 Å². The monoisotopic (exact) mass is 343 g/mol. The standard InChI is InChI=1S/C17H17N3OS2/c21-14(12-5-2-1-3-6-12)11-23-17-19-18-16(15-7-4-10-22-15)20(17)13-8-9-13/h1-7,10,13-14,21H,8-9,11H2/t14-/m0/s1. The van der Waals surface area contributed by atoms with Crippen LogP contribution in [-0.2, 0) is 0 Å². The van der Waals surface area contributed by atoms with Crippen molar-refractivity contribution in [3.8, 4) is 10.7 Å². The normalized spacial score (nSPS) is 15.7. The van der Waals surface area contributed by atoms with Crippen molar-refractivity contribution in [1.29, 1.82) is 0 Å². The van der Waals surface area contributed by atoms with Crippen LogP contribution in [-0.4, -0.2) is 25.6 Å². The maximum Gasteiger partial charge on any atom is 0.191 e. The van der Waals surface area contributed by atoms with E-state index in [1.165, 1.54) is 12.8 Å². The van der Waals surface area contributed by atoms with E-state index in [1.807, 2.05) is 36.4 Å². The lowest BCUT2D eigenvalue weighted by Gasteiger charge is -2.11. The Balaban J connectivity index is 1.53. The van der Waals surface area contributed by atoms with Gasteiger partial charge in [0.05, 0.1) is 11.0 Å². The molecule has 2 heterocycles. The molecule has 1 atom stereocenters. The number of hydrogen-bond acceptors (Lipinski definition) is 5. The summed E-state index contributed by atoms with van der Waals surface area (Å²) < 4.78 is 2.24. The molecular formula is C17H17N3OS2. The molecule has 3 aromatic rings. The molecule has 0 bridgehead atoms. The van der Waals surface area contributed by atoms with Crippen LogP contribution in [0.15, 0.2) is 53.0 Å². The van der Waals surface area contributed by atoms with E-state index in [4.69, 9.17) is 0 Å². The first-order chi connectivity index (χ1) is 11.3. The zero-order valence-electron chi connectivity index (χ0n) is 12.5. The third-order valence-electron chi connectivity index (χ3n) is 3.87. The van der Waals surface area contributed by atoms with Crippen molar-refractivity contribution >= 4 is 23.1 Å². The number of benzene rings is 1. The molecule has 4 rings (SSSR count). The summed E-state index contributed by atoms with van der Waals surface area (Å²) in [5.41, 5.74) is 0.941. The zero-order chi connectivity index (χ0) is 15.6. The summed E-state index contributed by atoms with van der Waals surface area (Å²) in [6.45, 7) is 0. The van der Waals surface area contributed by atoms with E-state index in [9.17, 15) is 5.11 Å². The minimum absolute atomic E-state index is 0.490. The fourth-order valence-corrected chi connectivity index (χ4v) is 4.21. The van der Waals surface area contributed by atoms with E-state index in [0.717, 1.165) is 21.4 Å². The second-order valence-electron chi connectivity index (χ2n) is 5.62. The van der Waals surface area contributed by atoms with Crippen LogP contribution in [0.3, 0.4) is 0 Å². The Hall–Kier alpha value is -1.63. The Bertz CT molecular complexity index is 767. The lowest BCUT2D eigenvalue weighted by atomic mass is 10.1. The molecule has 0 saturated heterocycles. The molecule has 4 nitrogen and oxygen atoms in total. The highest BCUT2D eigenvalue weighted by molar-refractivity contribution is 7.99. The van der Waals surface area contributed by atoms with Gasteiger partial charge in [-0.3, -0.25) is 4.57 Å². The number of nitrogens with zero attached hydrogens (tertiary/aromatic N) is 3. The largest absolute Gasteiger partial charge is 0.388 e. The molecule has 0 spiro atoms. The van der Waals surface area contributed by atoms with E-state index in [1.54, 1.807) is 23.1 Å². The first-order valence-corrected chi connectivity index (χ1v) is 9.54. The molecule has 1 N–H and O–H groups in total. The van der Waals surface area contributed by atoms with Crippen LogP contribution in [0.2, 0.25) is 0 Å². The lowest BCUT2D eigenvalue weighted by molar-refractivity contribution is 0.204. The summed E-state index contributed by atoms with van der Waals surface area (Å²) in [6, 6.07) is 14.4. The second-order valence-corrected chi connectivity index (χ2v) is 7.56. The molecule has 1 aliphatic rings. The summed E-state index contributed by atoms with van der Waals surface area (Å²) >= 11 is 3.27. The summed E-state index contributed by atoms with van der Waals surface area (Å²) in [6.07, 6.45) is 1.88. The van der Waals surface area contributed by atoms with E-state index in [-0.39, 0.29) is 0 Å². The molecule has 1 aliphatic carbocycles.